The SMILES string of the molecule is C(=Cc1ccccc1)CN(CC1CCNCC1)C1CC1. The van der Waals surface area contributed by atoms with Crippen molar-refractivity contribution in [2.75, 3.05) is 26.2 Å². The predicted octanol–water partition coefficient (Wildman–Crippen LogP) is 3.16. The topological polar surface area (TPSA) is 15.3 Å². The van der Waals surface area contributed by atoms with Crippen LogP contribution in [0.25, 0.3) is 6.08 Å². The fourth-order valence-corrected chi connectivity index (χ4v) is 3.10. The molecule has 0 spiro atoms. The molecule has 0 radical (unpaired) electrons. The number of piperidine rings is 1. The molecule has 0 atom stereocenters. The Morgan fingerprint density at radius 2 is 1.80 bits per heavy atom. The second kappa shape index (κ2) is 7.05. The maximum Gasteiger partial charge on any atom is 0.0169 e. The van der Waals surface area contributed by atoms with Gasteiger partial charge in [-0.3, -0.25) is 4.90 Å². The largest absolute Gasteiger partial charge is 0.317 e. The normalized spacial score (nSPS) is 20.9. The lowest BCUT2D eigenvalue weighted by Crippen LogP contribution is -2.37. The van der Waals surface area contributed by atoms with Crippen LogP contribution in [0, 0.1) is 5.92 Å². The van der Waals surface area contributed by atoms with Crippen molar-refractivity contribution in [3.05, 3.63) is 42.0 Å². The van der Waals surface area contributed by atoms with E-state index in [0.29, 0.717) is 0 Å². The highest BCUT2D eigenvalue weighted by Crippen LogP contribution is 2.28. The van der Waals surface area contributed by atoms with E-state index in [1.165, 1.54) is 50.9 Å². The average Bonchev–Trinajstić information content (AvgIpc) is 3.33. The Bertz CT molecular complexity index is 416. The van der Waals surface area contributed by atoms with Crippen molar-refractivity contribution in [1.82, 2.24) is 10.2 Å². The fourth-order valence-electron chi connectivity index (χ4n) is 3.10. The zero-order valence-electron chi connectivity index (χ0n) is 12.3. The van der Waals surface area contributed by atoms with Crippen LogP contribution in [0.3, 0.4) is 0 Å². The molecule has 2 nitrogen and oxygen atoms in total. The van der Waals surface area contributed by atoms with Crippen LogP contribution in [0.2, 0.25) is 0 Å². The molecule has 1 aliphatic carbocycles. The summed E-state index contributed by atoms with van der Waals surface area (Å²) < 4.78 is 0. The van der Waals surface area contributed by atoms with E-state index in [1.807, 2.05) is 0 Å². The Hall–Kier alpha value is -1.12. The van der Waals surface area contributed by atoms with E-state index in [-0.39, 0.29) is 0 Å². The lowest BCUT2D eigenvalue weighted by Gasteiger charge is -2.29. The molecule has 2 heteroatoms. The van der Waals surface area contributed by atoms with Crippen molar-refractivity contribution in [1.29, 1.82) is 0 Å². The molecule has 20 heavy (non-hydrogen) atoms. The first-order valence-corrected chi connectivity index (χ1v) is 8.08. The summed E-state index contributed by atoms with van der Waals surface area (Å²) in [6, 6.07) is 11.5. The summed E-state index contributed by atoms with van der Waals surface area (Å²) in [7, 11) is 0. The van der Waals surface area contributed by atoms with E-state index in [9.17, 15) is 0 Å². The van der Waals surface area contributed by atoms with E-state index < -0.39 is 0 Å². The van der Waals surface area contributed by atoms with E-state index in [0.717, 1.165) is 18.5 Å². The van der Waals surface area contributed by atoms with E-state index in [1.54, 1.807) is 0 Å². The van der Waals surface area contributed by atoms with Crippen LogP contribution >= 0.6 is 0 Å². The molecule has 108 valence electrons. The summed E-state index contributed by atoms with van der Waals surface area (Å²) in [5.41, 5.74) is 1.31. The molecule has 1 saturated carbocycles. The molecule has 1 saturated heterocycles. The number of hydrogen-bond donors (Lipinski definition) is 1. The van der Waals surface area contributed by atoms with Crippen LogP contribution in [-0.4, -0.2) is 37.1 Å². The van der Waals surface area contributed by atoms with Gasteiger partial charge in [-0.15, -0.1) is 0 Å². The lowest BCUT2D eigenvalue weighted by atomic mass is 9.97. The van der Waals surface area contributed by atoms with E-state index >= 15 is 0 Å². The van der Waals surface area contributed by atoms with Gasteiger partial charge in [0.2, 0.25) is 0 Å². The first-order chi connectivity index (χ1) is 9.92. The molecule has 1 aliphatic heterocycles. The van der Waals surface area contributed by atoms with Gasteiger partial charge in [0.05, 0.1) is 0 Å². The maximum atomic E-state index is 3.46. The second-order valence-corrected chi connectivity index (χ2v) is 6.19. The predicted molar refractivity (Wildman–Crippen MR) is 85.7 cm³/mol. The highest BCUT2D eigenvalue weighted by molar-refractivity contribution is 5.48. The minimum Gasteiger partial charge on any atom is -0.317 e. The third-order valence-electron chi connectivity index (χ3n) is 4.46. The maximum absolute atomic E-state index is 3.46. The molecular weight excluding hydrogens is 244 g/mol. The molecule has 3 rings (SSSR count). The molecule has 0 unspecified atom stereocenters. The minimum atomic E-state index is 0.866. The molecule has 1 aromatic rings. The van der Waals surface area contributed by atoms with Gasteiger partial charge in [0.25, 0.3) is 0 Å². The van der Waals surface area contributed by atoms with Gasteiger partial charge in [-0.1, -0.05) is 42.5 Å². The Kier molecular flexibility index (Phi) is 4.88. The zero-order chi connectivity index (χ0) is 13.6. The fraction of sp³-hybridized carbons (Fsp3) is 0.556. The first kappa shape index (κ1) is 13.8. The summed E-state index contributed by atoms with van der Waals surface area (Å²) in [5, 5.41) is 3.46. The highest BCUT2D eigenvalue weighted by Gasteiger charge is 2.29. The average molecular weight is 270 g/mol. The molecule has 0 amide bonds. The van der Waals surface area contributed by atoms with Gasteiger partial charge >= 0.3 is 0 Å². The Balaban J connectivity index is 1.51. The number of rotatable bonds is 6. The molecule has 1 heterocycles. The number of benzene rings is 1. The van der Waals surface area contributed by atoms with Crippen LogP contribution < -0.4 is 5.32 Å². The summed E-state index contributed by atoms with van der Waals surface area (Å²) in [5.74, 6) is 0.905. The Morgan fingerprint density at radius 3 is 2.50 bits per heavy atom. The van der Waals surface area contributed by atoms with Crippen molar-refractivity contribution < 1.29 is 0 Å². The summed E-state index contributed by atoms with van der Waals surface area (Å²) in [6.45, 7) is 4.83. The standard InChI is InChI=1S/C18H26N2/c1-2-5-16(6-3-1)7-4-14-20(18-8-9-18)15-17-10-12-19-13-11-17/h1-7,17-19H,8-15H2. The van der Waals surface area contributed by atoms with Crippen LogP contribution in [-0.2, 0) is 0 Å². The lowest BCUT2D eigenvalue weighted by molar-refractivity contribution is 0.215. The van der Waals surface area contributed by atoms with Gasteiger partial charge in [0.15, 0.2) is 0 Å². The molecule has 2 fully saturated rings. The minimum absolute atomic E-state index is 0.866. The Labute approximate surface area is 122 Å². The first-order valence-electron chi connectivity index (χ1n) is 8.08. The van der Waals surface area contributed by atoms with Crippen LogP contribution in [0.4, 0.5) is 0 Å². The van der Waals surface area contributed by atoms with Crippen molar-refractivity contribution in [2.45, 2.75) is 31.7 Å². The summed E-state index contributed by atoms with van der Waals surface area (Å²) >= 11 is 0. The third kappa shape index (κ3) is 4.19. The van der Waals surface area contributed by atoms with Gasteiger partial charge in [0, 0.05) is 19.1 Å². The highest BCUT2D eigenvalue weighted by atomic mass is 15.2. The van der Waals surface area contributed by atoms with Crippen molar-refractivity contribution in [2.24, 2.45) is 5.92 Å². The zero-order valence-corrected chi connectivity index (χ0v) is 12.3. The number of nitrogens with one attached hydrogen (secondary N) is 1. The van der Waals surface area contributed by atoms with Gasteiger partial charge in [-0.05, 0) is 50.3 Å². The number of hydrogen-bond acceptors (Lipinski definition) is 2. The molecule has 0 aromatic heterocycles. The van der Waals surface area contributed by atoms with Crippen LogP contribution in [0.1, 0.15) is 31.2 Å². The quantitative estimate of drug-likeness (QED) is 0.854. The second-order valence-electron chi connectivity index (χ2n) is 6.19. The summed E-state index contributed by atoms with van der Waals surface area (Å²) in [6.07, 6.45) is 10.1. The molecule has 2 aliphatic rings. The van der Waals surface area contributed by atoms with Gasteiger partial charge < -0.3 is 5.32 Å². The van der Waals surface area contributed by atoms with Gasteiger partial charge in [-0.25, -0.2) is 0 Å². The molecule has 0 bridgehead atoms. The van der Waals surface area contributed by atoms with E-state index in [4.69, 9.17) is 0 Å². The molecular formula is C18H26N2. The number of nitrogens with zero attached hydrogens (tertiary/aromatic N) is 1. The van der Waals surface area contributed by atoms with Crippen LogP contribution in [0.5, 0.6) is 0 Å². The van der Waals surface area contributed by atoms with Gasteiger partial charge in [0.1, 0.15) is 0 Å². The summed E-state index contributed by atoms with van der Waals surface area (Å²) in [4.78, 5) is 2.70. The monoisotopic (exact) mass is 270 g/mol. The van der Waals surface area contributed by atoms with Gasteiger partial charge in [-0.2, -0.15) is 0 Å². The van der Waals surface area contributed by atoms with Crippen molar-refractivity contribution in [3.63, 3.8) is 0 Å². The van der Waals surface area contributed by atoms with Crippen LogP contribution in [0.15, 0.2) is 36.4 Å². The molecule has 1 aromatic carbocycles. The van der Waals surface area contributed by atoms with Crippen molar-refractivity contribution >= 4 is 6.08 Å². The Morgan fingerprint density at radius 1 is 1.05 bits per heavy atom. The molecule has 1 N–H and O–H groups in total. The third-order valence-corrected chi connectivity index (χ3v) is 4.46. The smallest absolute Gasteiger partial charge is 0.0169 e. The van der Waals surface area contributed by atoms with Crippen molar-refractivity contribution in [3.8, 4) is 0 Å². The van der Waals surface area contributed by atoms with E-state index in [2.05, 4.69) is 52.7 Å².